The van der Waals surface area contributed by atoms with Crippen molar-refractivity contribution >= 4 is 21.5 Å². The summed E-state index contributed by atoms with van der Waals surface area (Å²) in [5, 5.41) is 14.1. The van der Waals surface area contributed by atoms with Crippen LogP contribution in [0.4, 0.5) is 0 Å². The molecule has 4 heteroatoms. The van der Waals surface area contributed by atoms with Gasteiger partial charge in [0.05, 0.1) is 11.6 Å². The lowest BCUT2D eigenvalue weighted by atomic mass is 9.86. The number of benzene rings is 8. The van der Waals surface area contributed by atoms with Crippen molar-refractivity contribution in [3.05, 3.63) is 188 Å². The van der Waals surface area contributed by atoms with Gasteiger partial charge in [0, 0.05) is 16.7 Å². The molecule has 0 N–H and O–H groups in total. The maximum atomic E-state index is 9.35. The third-order valence-electron chi connectivity index (χ3n) is 9.60. The van der Waals surface area contributed by atoms with Crippen LogP contribution < -0.4 is 0 Å². The van der Waals surface area contributed by atoms with Crippen molar-refractivity contribution in [3.63, 3.8) is 0 Å². The molecule has 0 fully saturated rings. The quantitative estimate of drug-likeness (QED) is 0.178. The van der Waals surface area contributed by atoms with Crippen LogP contribution in [0, 0.1) is 11.3 Å². The Labute approximate surface area is 302 Å². The molecular formula is C48H30N4. The highest BCUT2D eigenvalue weighted by Crippen LogP contribution is 2.43. The largest absolute Gasteiger partial charge is 0.208 e. The summed E-state index contributed by atoms with van der Waals surface area (Å²) < 4.78 is 0. The average Bonchev–Trinajstić information content (AvgIpc) is 3.23. The van der Waals surface area contributed by atoms with Crippen LogP contribution in [-0.4, -0.2) is 15.0 Å². The molecule has 0 atom stereocenters. The topological polar surface area (TPSA) is 62.5 Å². The Morgan fingerprint density at radius 2 is 0.769 bits per heavy atom. The molecule has 0 aliphatic carbocycles. The van der Waals surface area contributed by atoms with Crippen LogP contribution in [0.15, 0.2) is 182 Å². The fraction of sp³-hybridized carbons (Fsp3) is 0. The van der Waals surface area contributed by atoms with Gasteiger partial charge in [-0.2, -0.15) is 5.26 Å². The minimum absolute atomic E-state index is 0.627. The van der Waals surface area contributed by atoms with Gasteiger partial charge in [-0.3, -0.25) is 0 Å². The molecule has 4 nitrogen and oxygen atoms in total. The average molecular weight is 663 g/mol. The molecule has 1 heterocycles. The molecule has 0 aliphatic rings. The van der Waals surface area contributed by atoms with Gasteiger partial charge in [-0.25, -0.2) is 15.0 Å². The number of nitrogens with zero attached hydrogens (tertiary/aromatic N) is 4. The number of nitriles is 1. The molecule has 0 saturated carbocycles. The fourth-order valence-electron chi connectivity index (χ4n) is 7.04. The van der Waals surface area contributed by atoms with E-state index in [9.17, 15) is 5.26 Å². The second-order valence-corrected chi connectivity index (χ2v) is 12.7. The molecule has 0 bridgehead atoms. The minimum Gasteiger partial charge on any atom is -0.208 e. The third-order valence-corrected chi connectivity index (χ3v) is 9.60. The van der Waals surface area contributed by atoms with E-state index in [0.29, 0.717) is 23.0 Å². The van der Waals surface area contributed by atoms with Crippen LogP contribution in [0.1, 0.15) is 5.56 Å². The number of rotatable bonds is 6. The standard InChI is InChI=1S/C48H30N4/c49-31-32-19-21-34(22-20-32)39-29-30-43(42-18-10-9-17-41(39)42)44-28-27-33-11-7-8-16-40(33)45(44)35-23-25-38(26-24-35)48-51-46(36-12-3-1-4-13-36)50-47(52-48)37-14-5-2-6-15-37/h1-30H. The van der Waals surface area contributed by atoms with Crippen LogP contribution in [-0.2, 0) is 0 Å². The summed E-state index contributed by atoms with van der Waals surface area (Å²) in [4.78, 5) is 14.8. The molecule has 0 saturated heterocycles. The van der Waals surface area contributed by atoms with E-state index < -0.39 is 0 Å². The first kappa shape index (κ1) is 30.8. The molecule has 9 aromatic rings. The zero-order valence-corrected chi connectivity index (χ0v) is 28.1. The van der Waals surface area contributed by atoms with Gasteiger partial charge in [-0.1, -0.05) is 170 Å². The zero-order chi connectivity index (χ0) is 34.9. The van der Waals surface area contributed by atoms with Crippen molar-refractivity contribution < 1.29 is 0 Å². The van der Waals surface area contributed by atoms with Crippen LogP contribution in [0.2, 0.25) is 0 Å². The zero-order valence-electron chi connectivity index (χ0n) is 28.1. The summed E-state index contributed by atoms with van der Waals surface area (Å²) >= 11 is 0. The number of aromatic nitrogens is 3. The highest BCUT2D eigenvalue weighted by Gasteiger charge is 2.17. The van der Waals surface area contributed by atoms with Crippen molar-refractivity contribution in [1.29, 1.82) is 5.26 Å². The van der Waals surface area contributed by atoms with Crippen LogP contribution in [0.25, 0.3) is 89.1 Å². The Morgan fingerprint density at radius 3 is 1.37 bits per heavy atom. The van der Waals surface area contributed by atoms with Gasteiger partial charge in [-0.05, 0) is 67.1 Å². The predicted molar refractivity (Wildman–Crippen MR) is 212 cm³/mol. The molecular weight excluding hydrogens is 633 g/mol. The van der Waals surface area contributed by atoms with Gasteiger partial charge in [0.2, 0.25) is 0 Å². The lowest BCUT2D eigenvalue weighted by Gasteiger charge is -2.18. The SMILES string of the molecule is N#Cc1ccc(-c2ccc(-c3ccc4ccccc4c3-c3ccc(-c4nc(-c5ccccc5)nc(-c5ccccc5)n4)cc3)c3ccccc23)cc1. The highest BCUT2D eigenvalue weighted by molar-refractivity contribution is 6.11. The molecule has 0 aliphatic heterocycles. The van der Waals surface area contributed by atoms with Gasteiger partial charge < -0.3 is 0 Å². The second kappa shape index (κ2) is 13.2. The maximum absolute atomic E-state index is 9.35. The van der Waals surface area contributed by atoms with Gasteiger partial charge in [0.25, 0.3) is 0 Å². The van der Waals surface area contributed by atoms with Gasteiger partial charge in [0.1, 0.15) is 0 Å². The van der Waals surface area contributed by atoms with E-state index in [4.69, 9.17) is 15.0 Å². The first-order valence-electron chi connectivity index (χ1n) is 17.3. The molecule has 0 spiro atoms. The molecule has 8 aromatic carbocycles. The van der Waals surface area contributed by atoms with Gasteiger partial charge >= 0.3 is 0 Å². The number of hydrogen-bond donors (Lipinski definition) is 0. The van der Waals surface area contributed by atoms with E-state index in [2.05, 4.69) is 103 Å². The summed E-state index contributed by atoms with van der Waals surface area (Å²) in [6, 6.07) is 64.8. The molecule has 52 heavy (non-hydrogen) atoms. The Kier molecular flexibility index (Phi) is 7.85. The second-order valence-electron chi connectivity index (χ2n) is 12.7. The molecule has 1 aromatic heterocycles. The first-order chi connectivity index (χ1) is 25.7. The molecule has 0 amide bonds. The smallest absolute Gasteiger partial charge is 0.164 e. The lowest BCUT2D eigenvalue weighted by Crippen LogP contribution is -2.00. The third kappa shape index (κ3) is 5.67. The number of hydrogen-bond acceptors (Lipinski definition) is 4. The van der Waals surface area contributed by atoms with Crippen LogP contribution in [0.3, 0.4) is 0 Å². The van der Waals surface area contributed by atoms with E-state index in [0.717, 1.165) is 49.9 Å². The Hall–Kier alpha value is -7.22. The maximum Gasteiger partial charge on any atom is 0.164 e. The Morgan fingerprint density at radius 1 is 0.327 bits per heavy atom. The minimum atomic E-state index is 0.627. The van der Waals surface area contributed by atoms with Crippen molar-refractivity contribution in [1.82, 2.24) is 15.0 Å². The highest BCUT2D eigenvalue weighted by atomic mass is 15.0. The van der Waals surface area contributed by atoms with Crippen LogP contribution in [0.5, 0.6) is 0 Å². The van der Waals surface area contributed by atoms with Crippen molar-refractivity contribution in [2.75, 3.05) is 0 Å². The first-order valence-corrected chi connectivity index (χ1v) is 17.3. The Bertz CT molecular complexity index is 2710. The summed E-state index contributed by atoms with van der Waals surface area (Å²) in [5.41, 5.74) is 10.3. The monoisotopic (exact) mass is 662 g/mol. The van der Waals surface area contributed by atoms with Crippen molar-refractivity contribution in [2.24, 2.45) is 0 Å². The van der Waals surface area contributed by atoms with Gasteiger partial charge in [-0.15, -0.1) is 0 Å². The molecule has 0 radical (unpaired) electrons. The fourth-order valence-corrected chi connectivity index (χ4v) is 7.04. The predicted octanol–water partition coefficient (Wildman–Crippen LogP) is 12.1. The van der Waals surface area contributed by atoms with Gasteiger partial charge in [0.15, 0.2) is 17.5 Å². The van der Waals surface area contributed by atoms with E-state index in [1.807, 2.05) is 84.9 Å². The summed E-state index contributed by atoms with van der Waals surface area (Å²) in [6.07, 6.45) is 0. The van der Waals surface area contributed by atoms with Crippen molar-refractivity contribution in [3.8, 4) is 73.6 Å². The van der Waals surface area contributed by atoms with E-state index in [1.54, 1.807) is 0 Å². The molecule has 242 valence electrons. The van der Waals surface area contributed by atoms with Crippen LogP contribution >= 0.6 is 0 Å². The summed E-state index contributed by atoms with van der Waals surface area (Å²) in [5.74, 6) is 1.91. The van der Waals surface area contributed by atoms with E-state index in [-0.39, 0.29) is 0 Å². The number of fused-ring (bicyclic) bond motifs is 2. The normalized spacial score (nSPS) is 11.1. The van der Waals surface area contributed by atoms with E-state index in [1.165, 1.54) is 21.7 Å². The Balaban J connectivity index is 1.19. The van der Waals surface area contributed by atoms with Crippen molar-refractivity contribution in [2.45, 2.75) is 0 Å². The van der Waals surface area contributed by atoms with E-state index >= 15 is 0 Å². The summed E-state index contributed by atoms with van der Waals surface area (Å²) in [7, 11) is 0. The molecule has 9 rings (SSSR count). The lowest BCUT2D eigenvalue weighted by molar-refractivity contribution is 1.07. The molecule has 0 unspecified atom stereocenters. The summed E-state index contributed by atoms with van der Waals surface area (Å²) in [6.45, 7) is 0.